The van der Waals surface area contributed by atoms with Crippen LogP contribution in [0.2, 0.25) is 0 Å². The van der Waals surface area contributed by atoms with Crippen LogP contribution in [-0.4, -0.2) is 41.4 Å². The molecule has 0 aliphatic heterocycles. The number of aliphatic carboxylic acids is 1. The molecule has 2 N–H and O–H groups in total. The van der Waals surface area contributed by atoms with E-state index in [0.29, 0.717) is 22.5 Å². The molecule has 0 fully saturated rings. The highest BCUT2D eigenvalue weighted by molar-refractivity contribution is 9.10. The van der Waals surface area contributed by atoms with Crippen molar-refractivity contribution in [2.75, 3.05) is 13.2 Å². The van der Waals surface area contributed by atoms with E-state index in [2.05, 4.69) is 36.2 Å². The number of ether oxygens (including phenoxy) is 1. The van der Waals surface area contributed by atoms with E-state index in [9.17, 15) is 14.9 Å². The van der Waals surface area contributed by atoms with Crippen LogP contribution in [0.4, 0.5) is 0 Å². The Bertz CT molecular complexity index is 1050. The monoisotopic (exact) mass is 514 g/mol. The number of nitrogens with zero attached hydrogens (tertiary/aromatic N) is 3. The van der Waals surface area contributed by atoms with E-state index in [-0.39, 0.29) is 18.2 Å². The molecule has 9 nitrogen and oxygen atoms in total. The number of rotatable bonds is 12. The summed E-state index contributed by atoms with van der Waals surface area (Å²) in [6.45, 7) is 1.60. The average molecular weight is 515 g/mol. The molecule has 1 atom stereocenters. The number of nitrogens with one attached hydrogen (secondary N) is 1. The first-order chi connectivity index (χ1) is 15.9. The van der Waals surface area contributed by atoms with Gasteiger partial charge in [0.15, 0.2) is 0 Å². The highest BCUT2D eigenvalue weighted by Gasteiger charge is 2.17. The minimum absolute atomic E-state index is 0.0361. The molecule has 172 valence electrons. The lowest BCUT2D eigenvalue weighted by molar-refractivity contribution is -0.142. The van der Waals surface area contributed by atoms with Crippen LogP contribution in [0, 0.1) is 11.3 Å². The smallest absolute Gasteiger partial charge is 0.344 e. The van der Waals surface area contributed by atoms with Gasteiger partial charge in [0.25, 0.3) is 5.91 Å². The molecule has 0 bridgehead atoms. The number of hydrogen-bond donors (Lipinski definition) is 2. The van der Waals surface area contributed by atoms with Crippen molar-refractivity contribution in [2.45, 2.75) is 25.8 Å². The van der Waals surface area contributed by atoms with Gasteiger partial charge in [-0.1, -0.05) is 36.7 Å². The maximum Gasteiger partial charge on any atom is 0.344 e. The number of pyridine rings is 1. The Morgan fingerprint density at radius 3 is 2.70 bits per heavy atom. The van der Waals surface area contributed by atoms with Crippen LogP contribution in [0.1, 0.15) is 37.1 Å². The predicted octanol–water partition coefficient (Wildman–Crippen LogP) is 3.87. The van der Waals surface area contributed by atoms with Gasteiger partial charge in [0.1, 0.15) is 28.6 Å². The number of carbonyl (C=O) groups is 2. The largest absolute Gasteiger partial charge is 0.488 e. The maximum atomic E-state index is 12.7. The zero-order valence-corrected chi connectivity index (χ0v) is 19.5. The zero-order chi connectivity index (χ0) is 24.1. The molecule has 0 aliphatic carbocycles. The summed E-state index contributed by atoms with van der Waals surface area (Å²) in [5.41, 5.74) is 1.33. The average Bonchev–Trinajstić information content (AvgIpc) is 2.79. The first-order valence-corrected chi connectivity index (χ1v) is 10.9. The van der Waals surface area contributed by atoms with Crippen LogP contribution >= 0.6 is 15.9 Å². The number of oxime groups is 1. The minimum Gasteiger partial charge on any atom is -0.488 e. The molecule has 1 heterocycles. The fourth-order valence-corrected chi connectivity index (χ4v) is 3.11. The third kappa shape index (κ3) is 9.13. The molecule has 0 spiro atoms. The summed E-state index contributed by atoms with van der Waals surface area (Å²) in [6, 6.07) is 14.1. The molecule has 0 saturated carbocycles. The van der Waals surface area contributed by atoms with Crippen LogP contribution in [0.5, 0.6) is 5.75 Å². The Kier molecular flexibility index (Phi) is 10.6. The van der Waals surface area contributed by atoms with E-state index >= 15 is 0 Å². The molecule has 2 rings (SSSR count). The molecule has 33 heavy (non-hydrogen) atoms. The summed E-state index contributed by atoms with van der Waals surface area (Å²) in [7, 11) is 0. The van der Waals surface area contributed by atoms with Crippen molar-refractivity contribution < 1.29 is 24.3 Å². The van der Waals surface area contributed by atoms with Gasteiger partial charge >= 0.3 is 5.97 Å². The lowest BCUT2D eigenvalue weighted by atomic mass is 10.0. The molecular formula is C23H23BrN4O5. The number of carboxylic acid groups (broad SMARTS) is 1. The summed E-state index contributed by atoms with van der Waals surface area (Å²) in [5, 5.41) is 24.3. The summed E-state index contributed by atoms with van der Waals surface area (Å²) < 4.78 is 6.10. The summed E-state index contributed by atoms with van der Waals surface area (Å²) >= 11 is 3.27. The zero-order valence-electron chi connectivity index (χ0n) is 17.9. The van der Waals surface area contributed by atoms with Crippen molar-refractivity contribution >= 4 is 40.1 Å². The molecule has 0 saturated heterocycles. The molecule has 1 aromatic heterocycles. The Morgan fingerprint density at radius 2 is 2.06 bits per heavy atom. The van der Waals surface area contributed by atoms with E-state index in [4.69, 9.17) is 9.84 Å². The number of nitriles is 1. The number of halogens is 1. The second-order valence-corrected chi connectivity index (χ2v) is 7.52. The normalized spacial score (nSPS) is 12.1. The lowest BCUT2D eigenvalue weighted by Crippen LogP contribution is -2.29. The van der Waals surface area contributed by atoms with Gasteiger partial charge in [0.2, 0.25) is 6.61 Å². The van der Waals surface area contributed by atoms with Crippen molar-refractivity contribution in [2.24, 2.45) is 5.16 Å². The van der Waals surface area contributed by atoms with Gasteiger partial charge in [-0.05, 0) is 58.3 Å². The predicted molar refractivity (Wildman–Crippen MR) is 125 cm³/mol. The Morgan fingerprint density at radius 1 is 1.30 bits per heavy atom. The number of hydrogen-bond acceptors (Lipinski definition) is 7. The SMILES string of the molecule is CCCC(NC(=O)/C(C#N)=C/c1cccc(Br)n1)c1ccc(OCC=NOCC(=O)O)cc1. The van der Waals surface area contributed by atoms with Gasteiger partial charge in [-0.3, -0.25) is 4.79 Å². The lowest BCUT2D eigenvalue weighted by Gasteiger charge is -2.19. The van der Waals surface area contributed by atoms with Gasteiger partial charge in [-0.2, -0.15) is 5.26 Å². The molecule has 2 aromatic rings. The number of carboxylic acids is 1. The van der Waals surface area contributed by atoms with Gasteiger partial charge in [0, 0.05) is 0 Å². The molecular weight excluding hydrogens is 492 g/mol. The minimum atomic E-state index is -1.11. The van der Waals surface area contributed by atoms with Crippen molar-refractivity contribution in [1.82, 2.24) is 10.3 Å². The third-order valence-electron chi connectivity index (χ3n) is 4.22. The van der Waals surface area contributed by atoms with Crippen LogP contribution in [0.3, 0.4) is 0 Å². The number of amides is 1. The Labute approximate surface area is 199 Å². The van der Waals surface area contributed by atoms with E-state index in [1.54, 1.807) is 30.3 Å². The van der Waals surface area contributed by atoms with E-state index in [1.165, 1.54) is 12.3 Å². The second-order valence-electron chi connectivity index (χ2n) is 6.70. The van der Waals surface area contributed by atoms with E-state index in [0.717, 1.165) is 12.0 Å². The highest BCUT2D eigenvalue weighted by Crippen LogP contribution is 2.22. The Hall–Kier alpha value is -3.71. The highest BCUT2D eigenvalue weighted by atomic mass is 79.9. The van der Waals surface area contributed by atoms with Crippen LogP contribution in [0.15, 0.2) is 57.8 Å². The molecule has 0 radical (unpaired) electrons. The van der Waals surface area contributed by atoms with E-state index in [1.807, 2.05) is 25.1 Å². The van der Waals surface area contributed by atoms with Gasteiger partial charge in [-0.15, -0.1) is 0 Å². The molecule has 0 aliphatic rings. The molecule has 10 heteroatoms. The Balaban J connectivity index is 2.01. The van der Waals surface area contributed by atoms with Gasteiger partial charge in [-0.25, -0.2) is 9.78 Å². The van der Waals surface area contributed by atoms with Gasteiger partial charge in [0.05, 0.1) is 18.0 Å². The maximum absolute atomic E-state index is 12.7. The van der Waals surface area contributed by atoms with Crippen LogP contribution in [-0.2, 0) is 14.4 Å². The third-order valence-corrected chi connectivity index (χ3v) is 4.66. The van der Waals surface area contributed by atoms with Crippen molar-refractivity contribution in [3.8, 4) is 11.8 Å². The number of carbonyl (C=O) groups excluding carboxylic acids is 1. The second kappa shape index (κ2) is 13.6. The van der Waals surface area contributed by atoms with Crippen LogP contribution < -0.4 is 10.1 Å². The molecule has 1 aromatic carbocycles. The number of benzene rings is 1. The van der Waals surface area contributed by atoms with Crippen molar-refractivity contribution in [1.29, 1.82) is 5.26 Å². The topological polar surface area (TPSA) is 134 Å². The summed E-state index contributed by atoms with van der Waals surface area (Å²) in [6.07, 6.45) is 4.27. The van der Waals surface area contributed by atoms with Crippen molar-refractivity contribution in [3.63, 3.8) is 0 Å². The van der Waals surface area contributed by atoms with Crippen LogP contribution in [0.25, 0.3) is 6.08 Å². The summed E-state index contributed by atoms with van der Waals surface area (Å²) in [5.74, 6) is -1.02. The quantitative estimate of drug-likeness (QED) is 0.144. The van der Waals surface area contributed by atoms with E-state index < -0.39 is 18.5 Å². The fourth-order valence-electron chi connectivity index (χ4n) is 2.75. The molecule has 1 amide bonds. The molecule has 1 unspecified atom stereocenters. The van der Waals surface area contributed by atoms with Gasteiger partial charge < -0.3 is 20.0 Å². The standard InChI is InChI=1S/C23H23BrN4O5/c1-2-4-20(28-23(31)17(14-25)13-18-5-3-6-21(24)27-18)16-7-9-19(10-8-16)32-12-11-26-33-15-22(29)30/h3,5-11,13,20H,2,4,12,15H2,1H3,(H,28,31)(H,29,30)/b17-13+,26-11?. The van der Waals surface area contributed by atoms with Crippen molar-refractivity contribution in [3.05, 3.63) is 63.9 Å². The summed E-state index contributed by atoms with van der Waals surface area (Å²) in [4.78, 5) is 31.8. The fraction of sp³-hybridized carbons (Fsp3) is 0.261. The number of aromatic nitrogens is 1. The first kappa shape index (κ1) is 25.5. The first-order valence-electron chi connectivity index (χ1n) is 10.1.